The molecule has 2 heterocycles. The SMILES string of the molecule is C1=CC2C(C=C1)N(c1ccccc1)[I-]1(N(c3ccccc3)c3ccccc3N1c1ccccc1)N2c1ccccc1. The molecule has 41 heavy (non-hydrogen) atoms. The molecule has 2 atom stereocenters. The van der Waals surface area contributed by atoms with Crippen molar-refractivity contribution in [2.24, 2.45) is 0 Å². The molecule has 0 amide bonds. The molecule has 1 spiro atoms. The molecule has 5 aromatic carbocycles. The first-order valence-electron chi connectivity index (χ1n) is 14.0. The van der Waals surface area contributed by atoms with Crippen molar-refractivity contribution in [3.63, 3.8) is 0 Å². The number of fused-ring (bicyclic) bond motifs is 2. The Morgan fingerprint density at radius 1 is 0.366 bits per heavy atom. The molecule has 1 fully saturated rings. The topological polar surface area (TPSA) is 13.0 Å². The fourth-order valence-corrected chi connectivity index (χ4v) is 18.3. The Labute approximate surface area is 247 Å². The van der Waals surface area contributed by atoms with Crippen LogP contribution in [0.1, 0.15) is 0 Å². The van der Waals surface area contributed by atoms with Crippen molar-refractivity contribution in [3.05, 3.63) is 170 Å². The van der Waals surface area contributed by atoms with Crippen LogP contribution in [-0.2, 0) is 0 Å². The van der Waals surface area contributed by atoms with Crippen LogP contribution in [0.15, 0.2) is 170 Å². The molecule has 3 aliphatic rings. The zero-order chi connectivity index (χ0) is 27.2. The number of para-hydroxylation sites is 6. The van der Waals surface area contributed by atoms with E-state index in [1.807, 2.05) is 0 Å². The molecule has 4 nitrogen and oxygen atoms in total. The van der Waals surface area contributed by atoms with E-state index in [0.717, 1.165) is 0 Å². The average molecular weight is 646 g/mol. The van der Waals surface area contributed by atoms with E-state index in [1.165, 1.54) is 34.1 Å². The summed E-state index contributed by atoms with van der Waals surface area (Å²) < 4.78 is 11.0. The monoisotopic (exact) mass is 645 g/mol. The van der Waals surface area contributed by atoms with Crippen molar-refractivity contribution in [1.29, 1.82) is 0 Å². The Bertz CT molecular complexity index is 1590. The van der Waals surface area contributed by atoms with Crippen LogP contribution in [0.2, 0.25) is 0 Å². The fourth-order valence-electron chi connectivity index (χ4n) is 6.24. The van der Waals surface area contributed by atoms with E-state index in [9.17, 15) is 0 Å². The first-order valence-corrected chi connectivity index (χ1v) is 17.9. The summed E-state index contributed by atoms with van der Waals surface area (Å²) in [6.45, 7) is 0. The third-order valence-corrected chi connectivity index (χ3v) is 17.8. The average Bonchev–Trinajstić information content (AvgIpc) is 3.51. The number of allylic oxidation sites excluding steroid dienone is 2. The minimum atomic E-state index is -3.85. The van der Waals surface area contributed by atoms with Crippen molar-refractivity contribution in [3.8, 4) is 0 Å². The summed E-state index contributed by atoms with van der Waals surface area (Å²) in [7, 11) is 0. The third-order valence-electron chi connectivity index (χ3n) is 7.82. The Morgan fingerprint density at radius 2 is 0.683 bits per heavy atom. The molecular formula is C36H30IN4-. The van der Waals surface area contributed by atoms with Gasteiger partial charge in [-0.05, 0) is 0 Å². The first kappa shape index (κ1) is 24.3. The number of hydrogen-bond acceptors (Lipinski definition) is 4. The summed E-state index contributed by atoms with van der Waals surface area (Å²) in [5.74, 6) is 0. The Balaban J connectivity index is 1.54. The number of nitrogens with zero attached hydrogens (tertiary/aromatic N) is 4. The van der Waals surface area contributed by atoms with Crippen LogP contribution in [0.4, 0.5) is 34.1 Å². The van der Waals surface area contributed by atoms with Gasteiger partial charge in [-0.25, -0.2) is 0 Å². The summed E-state index contributed by atoms with van der Waals surface area (Å²) in [5, 5.41) is 0. The molecule has 0 bridgehead atoms. The van der Waals surface area contributed by atoms with Crippen LogP contribution in [0.5, 0.6) is 0 Å². The van der Waals surface area contributed by atoms with Crippen LogP contribution in [0, 0.1) is 0 Å². The maximum absolute atomic E-state index is 3.85. The van der Waals surface area contributed by atoms with E-state index in [0.29, 0.717) is 0 Å². The third kappa shape index (κ3) is 3.58. The van der Waals surface area contributed by atoms with Gasteiger partial charge in [-0.1, -0.05) is 0 Å². The van der Waals surface area contributed by atoms with Gasteiger partial charge in [-0.2, -0.15) is 0 Å². The molecule has 0 radical (unpaired) electrons. The molecule has 2 aliphatic heterocycles. The Morgan fingerprint density at radius 3 is 1.05 bits per heavy atom. The van der Waals surface area contributed by atoms with Crippen molar-refractivity contribution in [2.75, 3.05) is 12.5 Å². The number of rotatable bonds is 4. The van der Waals surface area contributed by atoms with E-state index in [2.05, 4.69) is 182 Å². The Hall–Kier alpha value is -4.49. The minimum absolute atomic E-state index is 0.158. The summed E-state index contributed by atoms with van der Waals surface area (Å²) in [6.07, 6.45) is 9.26. The van der Waals surface area contributed by atoms with Crippen LogP contribution >= 0.6 is 0 Å². The van der Waals surface area contributed by atoms with Gasteiger partial charge in [0.15, 0.2) is 0 Å². The first-order chi connectivity index (χ1) is 20.4. The zero-order valence-corrected chi connectivity index (χ0v) is 24.6. The summed E-state index contributed by atoms with van der Waals surface area (Å²) >= 11 is -3.85. The van der Waals surface area contributed by atoms with Gasteiger partial charge in [0.25, 0.3) is 0 Å². The summed E-state index contributed by atoms with van der Waals surface area (Å²) in [5.41, 5.74) is 7.39. The van der Waals surface area contributed by atoms with Crippen molar-refractivity contribution in [1.82, 2.24) is 0 Å². The molecule has 8 rings (SSSR count). The molecule has 0 N–H and O–H groups in total. The van der Waals surface area contributed by atoms with Crippen LogP contribution in [0.3, 0.4) is 0 Å². The van der Waals surface area contributed by atoms with Gasteiger partial charge >= 0.3 is 248 Å². The summed E-state index contributed by atoms with van der Waals surface area (Å²) in [6, 6.07) is 53.4. The standard InChI is InChI=1S/C36H30IN4/c1-5-17-29(18-6-1)38-33-25-13-14-26-34(33)39(30-19-7-2-8-20-30)37(38)40(31-21-9-3-10-22-31)35-27-15-16-28-36(35)41(37)32-23-11-4-12-24-32/h1-28,33-34H/q-1. The molecule has 0 saturated carbocycles. The van der Waals surface area contributed by atoms with Crippen molar-refractivity contribution < 1.29 is 19.5 Å². The predicted octanol–water partition coefficient (Wildman–Crippen LogP) is 5.69. The predicted molar refractivity (Wildman–Crippen MR) is 167 cm³/mol. The van der Waals surface area contributed by atoms with E-state index < -0.39 is 19.5 Å². The second-order valence-electron chi connectivity index (χ2n) is 10.2. The van der Waals surface area contributed by atoms with Crippen molar-refractivity contribution >= 4 is 34.1 Å². The van der Waals surface area contributed by atoms with E-state index in [1.54, 1.807) is 0 Å². The van der Waals surface area contributed by atoms with Gasteiger partial charge in [0.1, 0.15) is 0 Å². The van der Waals surface area contributed by atoms with Crippen LogP contribution in [-0.4, -0.2) is 12.1 Å². The zero-order valence-electron chi connectivity index (χ0n) is 22.5. The fraction of sp³-hybridized carbons (Fsp3) is 0.0556. The van der Waals surface area contributed by atoms with Crippen LogP contribution < -0.4 is 32.0 Å². The van der Waals surface area contributed by atoms with Gasteiger partial charge in [0.05, 0.1) is 0 Å². The van der Waals surface area contributed by atoms with Gasteiger partial charge in [-0.15, -0.1) is 0 Å². The molecule has 5 aromatic rings. The molecule has 5 heteroatoms. The normalized spacial score (nSPS) is 20.8. The van der Waals surface area contributed by atoms with Gasteiger partial charge in [0.2, 0.25) is 0 Å². The second kappa shape index (κ2) is 9.85. The maximum atomic E-state index is 2.80. The molecule has 202 valence electrons. The molecule has 2 unspecified atom stereocenters. The molecule has 1 saturated heterocycles. The van der Waals surface area contributed by atoms with Gasteiger partial charge < -0.3 is 0 Å². The number of anilines is 6. The number of hydrogen-bond donors (Lipinski definition) is 0. The van der Waals surface area contributed by atoms with E-state index in [4.69, 9.17) is 0 Å². The van der Waals surface area contributed by atoms with E-state index in [-0.39, 0.29) is 12.1 Å². The second-order valence-corrected chi connectivity index (χ2v) is 16.8. The number of benzene rings is 5. The number of halogens is 1. The van der Waals surface area contributed by atoms with Gasteiger partial charge in [-0.3, -0.25) is 0 Å². The van der Waals surface area contributed by atoms with E-state index >= 15 is 0 Å². The molecule has 1 aliphatic carbocycles. The Kier molecular flexibility index (Phi) is 5.84. The molecular weight excluding hydrogens is 615 g/mol. The van der Waals surface area contributed by atoms with Crippen molar-refractivity contribution in [2.45, 2.75) is 12.1 Å². The quantitative estimate of drug-likeness (QED) is 0.184. The van der Waals surface area contributed by atoms with Gasteiger partial charge in [0, 0.05) is 0 Å². The molecule has 0 aromatic heterocycles. The van der Waals surface area contributed by atoms with Crippen LogP contribution in [0.25, 0.3) is 0 Å². The summed E-state index contributed by atoms with van der Waals surface area (Å²) in [4.78, 5) is 0.